The SMILES string of the molecule is Nc1ccc(/C=C2/SC(=S)NC2=O)cc1Cl. The molecular weight excluding hydrogens is 264 g/mol. The number of hydrogen-bond donors (Lipinski definition) is 2. The molecule has 0 atom stereocenters. The van der Waals surface area contributed by atoms with Crippen LogP contribution in [0, 0.1) is 0 Å². The highest BCUT2D eigenvalue weighted by molar-refractivity contribution is 8.26. The van der Waals surface area contributed by atoms with Crippen LogP contribution in [0.25, 0.3) is 6.08 Å². The molecule has 1 fully saturated rings. The number of nitrogens with one attached hydrogen (secondary N) is 1. The van der Waals surface area contributed by atoms with E-state index in [1.807, 2.05) is 0 Å². The summed E-state index contributed by atoms with van der Waals surface area (Å²) in [4.78, 5) is 12.0. The molecule has 6 heteroatoms. The zero-order valence-corrected chi connectivity index (χ0v) is 10.4. The van der Waals surface area contributed by atoms with E-state index in [4.69, 9.17) is 29.6 Å². The first-order valence-corrected chi connectivity index (χ1v) is 5.96. The van der Waals surface area contributed by atoms with E-state index >= 15 is 0 Å². The van der Waals surface area contributed by atoms with E-state index in [1.54, 1.807) is 24.3 Å². The summed E-state index contributed by atoms with van der Waals surface area (Å²) in [7, 11) is 0. The molecular formula is C10H7ClN2OS2. The van der Waals surface area contributed by atoms with Crippen molar-refractivity contribution in [2.75, 3.05) is 5.73 Å². The van der Waals surface area contributed by atoms with Gasteiger partial charge in [-0.3, -0.25) is 4.79 Å². The van der Waals surface area contributed by atoms with E-state index in [0.717, 1.165) is 5.56 Å². The van der Waals surface area contributed by atoms with Crippen LogP contribution in [0.1, 0.15) is 5.56 Å². The number of nitrogen functional groups attached to an aromatic ring is 1. The Bertz CT molecular complexity index is 514. The molecule has 1 aromatic carbocycles. The predicted octanol–water partition coefficient (Wildman–Crippen LogP) is 2.41. The zero-order valence-electron chi connectivity index (χ0n) is 7.99. The highest BCUT2D eigenvalue weighted by Gasteiger charge is 2.21. The van der Waals surface area contributed by atoms with Crippen molar-refractivity contribution in [3.63, 3.8) is 0 Å². The molecule has 3 N–H and O–H groups in total. The number of nitrogens with two attached hydrogens (primary N) is 1. The Kier molecular flexibility index (Phi) is 3.18. The summed E-state index contributed by atoms with van der Waals surface area (Å²) in [5.74, 6) is -0.178. The zero-order chi connectivity index (χ0) is 11.7. The summed E-state index contributed by atoms with van der Waals surface area (Å²) in [6.07, 6.45) is 1.73. The maximum atomic E-state index is 11.4. The first-order valence-electron chi connectivity index (χ1n) is 4.36. The molecule has 0 unspecified atom stereocenters. The normalized spacial score (nSPS) is 17.9. The fourth-order valence-corrected chi connectivity index (χ4v) is 2.44. The second-order valence-corrected chi connectivity index (χ2v) is 5.26. The van der Waals surface area contributed by atoms with Crippen LogP contribution in [0.2, 0.25) is 5.02 Å². The van der Waals surface area contributed by atoms with E-state index in [0.29, 0.717) is 19.9 Å². The summed E-state index contributed by atoms with van der Waals surface area (Å²) in [5, 5.41) is 3.02. The Morgan fingerprint density at radius 2 is 2.25 bits per heavy atom. The van der Waals surface area contributed by atoms with Gasteiger partial charge in [-0.1, -0.05) is 41.6 Å². The van der Waals surface area contributed by atoms with Crippen molar-refractivity contribution >= 4 is 57.6 Å². The lowest BCUT2D eigenvalue weighted by molar-refractivity contribution is -0.115. The van der Waals surface area contributed by atoms with Gasteiger partial charge in [0.05, 0.1) is 15.6 Å². The minimum absolute atomic E-state index is 0.178. The summed E-state index contributed by atoms with van der Waals surface area (Å²) < 4.78 is 0.470. The van der Waals surface area contributed by atoms with Crippen LogP contribution < -0.4 is 11.1 Å². The molecule has 1 aliphatic rings. The van der Waals surface area contributed by atoms with Crippen LogP contribution >= 0.6 is 35.6 Å². The third-order valence-electron chi connectivity index (χ3n) is 1.96. The van der Waals surface area contributed by atoms with Crippen molar-refractivity contribution in [2.45, 2.75) is 0 Å². The molecule has 1 heterocycles. The van der Waals surface area contributed by atoms with Crippen molar-refractivity contribution < 1.29 is 4.79 Å². The van der Waals surface area contributed by atoms with Crippen molar-refractivity contribution in [2.24, 2.45) is 0 Å². The molecule has 1 aromatic rings. The van der Waals surface area contributed by atoms with E-state index in [-0.39, 0.29) is 5.91 Å². The van der Waals surface area contributed by atoms with Gasteiger partial charge in [0.25, 0.3) is 5.91 Å². The minimum atomic E-state index is -0.178. The molecule has 0 radical (unpaired) electrons. The molecule has 0 aliphatic carbocycles. The third kappa shape index (κ3) is 2.37. The molecule has 1 amide bonds. The maximum absolute atomic E-state index is 11.4. The first-order chi connectivity index (χ1) is 7.56. The fourth-order valence-electron chi connectivity index (χ4n) is 1.21. The second kappa shape index (κ2) is 4.45. The molecule has 0 saturated carbocycles. The highest BCUT2D eigenvalue weighted by atomic mass is 35.5. The average molecular weight is 271 g/mol. The van der Waals surface area contributed by atoms with Crippen LogP contribution in [-0.4, -0.2) is 10.2 Å². The summed E-state index contributed by atoms with van der Waals surface area (Å²) >= 11 is 12.0. The van der Waals surface area contributed by atoms with Crippen molar-refractivity contribution in [1.29, 1.82) is 0 Å². The van der Waals surface area contributed by atoms with Gasteiger partial charge in [0.1, 0.15) is 4.32 Å². The molecule has 0 spiro atoms. The van der Waals surface area contributed by atoms with Crippen LogP contribution in [-0.2, 0) is 4.79 Å². The van der Waals surface area contributed by atoms with Gasteiger partial charge >= 0.3 is 0 Å². The summed E-state index contributed by atoms with van der Waals surface area (Å²) in [5.41, 5.74) is 6.93. The number of carbonyl (C=O) groups is 1. The fraction of sp³-hybridized carbons (Fsp3) is 0. The quantitative estimate of drug-likeness (QED) is 0.467. The monoisotopic (exact) mass is 270 g/mol. The Hall–Kier alpha value is -1.04. The van der Waals surface area contributed by atoms with Gasteiger partial charge in [-0.05, 0) is 23.8 Å². The number of thiocarbonyl (C=S) groups is 1. The van der Waals surface area contributed by atoms with Crippen LogP contribution in [0.15, 0.2) is 23.1 Å². The number of benzene rings is 1. The Labute approximate surface area is 107 Å². The number of rotatable bonds is 1. The third-order valence-corrected chi connectivity index (χ3v) is 3.45. The number of thioether (sulfide) groups is 1. The standard InChI is InChI=1S/C10H7ClN2OS2/c11-6-3-5(1-2-7(6)12)4-8-9(14)13-10(15)16-8/h1-4H,12H2,(H,13,14,15)/b8-4+. The molecule has 1 saturated heterocycles. The van der Waals surface area contributed by atoms with Crippen LogP contribution in [0.5, 0.6) is 0 Å². The number of halogens is 1. The van der Waals surface area contributed by atoms with Gasteiger partial charge in [0, 0.05) is 0 Å². The minimum Gasteiger partial charge on any atom is -0.398 e. The lowest BCUT2D eigenvalue weighted by Crippen LogP contribution is -2.17. The van der Waals surface area contributed by atoms with Gasteiger partial charge in [-0.2, -0.15) is 0 Å². The lowest BCUT2D eigenvalue weighted by atomic mass is 10.2. The van der Waals surface area contributed by atoms with Crippen LogP contribution in [0.4, 0.5) is 5.69 Å². The lowest BCUT2D eigenvalue weighted by Gasteiger charge is -1.99. The molecule has 0 aromatic heterocycles. The van der Waals surface area contributed by atoms with Crippen molar-refractivity contribution in [3.05, 3.63) is 33.7 Å². The van der Waals surface area contributed by atoms with Gasteiger partial charge in [-0.15, -0.1) is 0 Å². The van der Waals surface area contributed by atoms with Gasteiger partial charge in [-0.25, -0.2) is 0 Å². The van der Waals surface area contributed by atoms with E-state index in [9.17, 15) is 4.79 Å². The highest BCUT2D eigenvalue weighted by Crippen LogP contribution is 2.27. The smallest absolute Gasteiger partial charge is 0.263 e. The Morgan fingerprint density at radius 3 is 2.81 bits per heavy atom. The van der Waals surface area contributed by atoms with Gasteiger partial charge in [0.2, 0.25) is 0 Å². The van der Waals surface area contributed by atoms with Crippen molar-refractivity contribution in [3.8, 4) is 0 Å². The number of amides is 1. The predicted molar refractivity (Wildman–Crippen MR) is 72.2 cm³/mol. The number of hydrogen-bond acceptors (Lipinski definition) is 4. The topological polar surface area (TPSA) is 55.1 Å². The van der Waals surface area contributed by atoms with Gasteiger partial charge in [0.15, 0.2) is 0 Å². The summed E-state index contributed by atoms with van der Waals surface area (Å²) in [6, 6.07) is 5.20. The average Bonchev–Trinajstić information content (AvgIpc) is 2.51. The van der Waals surface area contributed by atoms with E-state index < -0.39 is 0 Å². The van der Waals surface area contributed by atoms with Crippen molar-refractivity contribution in [1.82, 2.24) is 5.32 Å². The molecule has 1 aliphatic heterocycles. The number of carbonyl (C=O) groups excluding carboxylic acids is 1. The maximum Gasteiger partial charge on any atom is 0.263 e. The Morgan fingerprint density at radius 1 is 1.50 bits per heavy atom. The Balaban J connectivity index is 2.32. The molecule has 82 valence electrons. The van der Waals surface area contributed by atoms with Crippen LogP contribution in [0.3, 0.4) is 0 Å². The summed E-state index contributed by atoms with van der Waals surface area (Å²) in [6.45, 7) is 0. The number of anilines is 1. The largest absolute Gasteiger partial charge is 0.398 e. The van der Waals surface area contributed by atoms with E-state index in [1.165, 1.54) is 11.8 Å². The molecule has 16 heavy (non-hydrogen) atoms. The second-order valence-electron chi connectivity index (χ2n) is 3.13. The van der Waals surface area contributed by atoms with E-state index in [2.05, 4.69) is 5.32 Å². The first kappa shape index (κ1) is 11.4. The van der Waals surface area contributed by atoms with Gasteiger partial charge < -0.3 is 11.1 Å². The molecule has 2 rings (SSSR count). The molecule has 0 bridgehead atoms. The molecule has 3 nitrogen and oxygen atoms in total.